The summed E-state index contributed by atoms with van der Waals surface area (Å²) in [6.45, 7) is 4.40. The molecule has 1 heterocycles. The first-order chi connectivity index (χ1) is 9.35. The van der Waals surface area contributed by atoms with Crippen molar-refractivity contribution in [2.75, 3.05) is 33.9 Å². The maximum absolute atomic E-state index is 5.34. The third kappa shape index (κ3) is 4.01. The molecule has 1 aromatic carbocycles. The summed E-state index contributed by atoms with van der Waals surface area (Å²) >= 11 is 0. The van der Waals surface area contributed by atoms with Crippen LogP contribution in [0.4, 0.5) is 0 Å². The lowest BCUT2D eigenvalue weighted by molar-refractivity contribution is 0.0288. The standard InChI is InChI=1S/C15H24N2O2/c1-18-11-14(19-2)10-17-9-13-5-3-4-12-8-16-7-6-15(12)13/h3-5,14,16-17H,6-11H2,1-2H3. The van der Waals surface area contributed by atoms with Crippen molar-refractivity contribution in [1.29, 1.82) is 0 Å². The average Bonchev–Trinajstić information content (AvgIpc) is 2.46. The summed E-state index contributed by atoms with van der Waals surface area (Å²) in [5, 5.41) is 6.87. The molecule has 1 unspecified atom stereocenters. The fourth-order valence-corrected chi connectivity index (χ4v) is 2.54. The van der Waals surface area contributed by atoms with E-state index in [9.17, 15) is 0 Å². The van der Waals surface area contributed by atoms with E-state index in [1.807, 2.05) is 0 Å². The molecule has 0 radical (unpaired) electrons. The van der Waals surface area contributed by atoms with Crippen molar-refractivity contribution in [3.05, 3.63) is 34.9 Å². The van der Waals surface area contributed by atoms with E-state index in [0.717, 1.165) is 32.6 Å². The predicted octanol–water partition coefficient (Wildman–Crippen LogP) is 1.08. The number of fused-ring (bicyclic) bond motifs is 1. The van der Waals surface area contributed by atoms with E-state index in [4.69, 9.17) is 9.47 Å². The van der Waals surface area contributed by atoms with Gasteiger partial charge in [-0.25, -0.2) is 0 Å². The monoisotopic (exact) mass is 264 g/mol. The van der Waals surface area contributed by atoms with Crippen molar-refractivity contribution < 1.29 is 9.47 Å². The molecule has 1 aliphatic rings. The minimum absolute atomic E-state index is 0.117. The quantitative estimate of drug-likeness (QED) is 0.773. The topological polar surface area (TPSA) is 42.5 Å². The van der Waals surface area contributed by atoms with E-state index in [1.165, 1.54) is 16.7 Å². The Morgan fingerprint density at radius 1 is 1.37 bits per heavy atom. The predicted molar refractivity (Wildman–Crippen MR) is 76.2 cm³/mol. The van der Waals surface area contributed by atoms with Crippen LogP contribution in [0.25, 0.3) is 0 Å². The van der Waals surface area contributed by atoms with Gasteiger partial charge in [0, 0.05) is 33.9 Å². The Hall–Kier alpha value is -0.940. The Balaban J connectivity index is 1.89. The Bertz CT molecular complexity index is 396. The number of nitrogens with one attached hydrogen (secondary N) is 2. The molecule has 0 aliphatic carbocycles. The van der Waals surface area contributed by atoms with Crippen LogP contribution in [0.2, 0.25) is 0 Å². The summed E-state index contributed by atoms with van der Waals surface area (Å²) in [6, 6.07) is 6.58. The van der Waals surface area contributed by atoms with Gasteiger partial charge in [0.15, 0.2) is 0 Å². The summed E-state index contributed by atoms with van der Waals surface area (Å²) in [7, 11) is 3.42. The van der Waals surface area contributed by atoms with Gasteiger partial charge in [-0.3, -0.25) is 0 Å². The van der Waals surface area contributed by atoms with E-state index >= 15 is 0 Å². The molecular formula is C15H24N2O2. The largest absolute Gasteiger partial charge is 0.382 e. The van der Waals surface area contributed by atoms with Gasteiger partial charge in [-0.1, -0.05) is 18.2 Å². The van der Waals surface area contributed by atoms with Crippen LogP contribution in [0.1, 0.15) is 16.7 Å². The van der Waals surface area contributed by atoms with E-state index in [2.05, 4.69) is 28.8 Å². The van der Waals surface area contributed by atoms with Gasteiger partial charge in [-0.05, 0) is 29.7 Å². The fourth-order valence-electron chi connectivity index (χ4n) is 2.54. The molecule has 0 amide bonds. The van der Waals surface area contributed by atoms with Gasteiger partial charge in [-0.2, -0.15) is 0 Å². The lowest BCUT2D eigenvalue weighted by atomic mass is 9.95. The highest BCUT2D eigenvalue weighted by molar-refractivity contribution is 5.36. The van der Waals surface area contributed by atoms with Crippen LogP contribution in [-0.2, 0) is 29.0 Å². The molecule has 4 nitrogen and oxygen atoms in total. The molecular weight excluding hydrogens is 240 g/mol. The highest BCUT2D eigenvalue weighted by atomic mass is 16.5. The molecule has 0 aromatic heterocycles. The lowest BCUT2D eigenvalue weighted by Gasteiger charge is -2.21. The van der Waals surface area contributed by atoms with Crippen molar-refractivity contribution in [3.63, 3.8) is 0 Å². The first-order valence-electron chi connectivity index (χ1n) is 6.88. The maximum atomic E-state index is 5.34. The Morgan fingerprint density at radius 3 is 3.05 bits per heavy atom. The minimum Gasteiger partial charge on any atom is -0.382 e. The Morgan fingerprint density at radius 2 is 2.26 bits per heavy atom. The normalized spacial score (nSPS) is 16.1. The highest BCUT2D eigenvalue weighted by Gasteiger charge is 2.12. The summed E-state index contributed by atoms with van der Waals surface area (Å²) in [5.74, 6) is 0. The molecule has 0 saturated carbocycles. The highest BCUT2D eigenvalue weighted by Crippen LogP contribution is 2.18. The summed E-state index contributed by atoms with van der Waals surface area (Å²) in [5.41, 5.74) is 4.35. The molecule has 2 rings (SSSR count). The van der Waals surface area contributed by atoms with Crippen molar-refractivity contribution in [1.82, 2.24) is 10.6 Å². The van der Waals surface area contributed by atoms with Crippen LogP contribution in [0.15, 0.2) is 18.2 Å². The van der Waals surface area contributed by atoms with E-state index in [0.29, 0.717) is 6.61 Å². The second-order valence-corrected chi connectivity index (χ2v) is 4.93. The smallest absolute Gasteiger partial charge is 0.0928 e. The summed E-state index contributed by atoms with van der Waals surface area (Å²) in [6.07, 6.45) is 1.24. The van der Waals surface area contributed by atoms with Crippen LogP contribution in [0, 0.1) is 0 Å². The van der Waals surface area contributed by atoms with Gasteiger partial charge in [-0.15, -0.1) is 0 Å². The zero-order valence-electron chi connectivity index (χ0n) is 11.9. The molecule has 1 atom stereocenters. The Kier molecular flexibility index (Phi) is 5.79. The fraction of sp³-hybridized carbons (Fsp3) is 0.600. The molecule has 2 N–H and O–H groups in total. The van der Waals surface area contributed by atoms with Crippen LogP contribution in [-0.4, -0.2) is 40.0 Å². The zero-order chi connectivity index (χ0) is 13.5. The van der Waals surface area contributed by atoms with Gasteiger partial charge < -0.3 is 20.1 Å². The van der Waals surface area contributed by atoms with Crippen molar-refractivity contribution in [2.24, 2.45) is 0 Å². The zero-order valence-corrected chi connectivity index (χ0v) is 11.9. The molecule has 106 valence electrons. The molecule has 0 bridgehead atoms. The van der Waals surface area contributed by atoms with E-state index in [-0.39, 0.29) is 6.10 Å². The van der Waals surface area contributed by atoms with E-state index in [1.54, 1.807) is 14.2 Å². The van der Waals surface area contributed by atoms with Crippen molar-refractivity contribution in [3.8, 4) is 0 Å². The van der Waals surface area contributed by atoms with Gasteiger partial charge in [0.05, 0.1) is 12.7 Å². The number of ether oxygens (including phenoxy) is 2. The van der Waals surface area contributed by atoms with Crippen LogP contribution in [0.5, 0.6) is 0 Å². The maximum Gasteiger partial charge on any atom is 0.0928 e. The van der Waals surface area contributed by atoms with Gasteiger partial charge in [0.25, 0.3) is 0 Å². The third-order valence-corrected chi connectivity index (χ3v) is 3.61. The van der Waals surface area contributed by atoms with Gasteiger partial charge in [0.2, 0.25) is 0 Å². The number of hydrogen-bond acceptors (Lipinski definition) is 4. The third-order valence-electron chi connectivity index (χ3n) is 3.61. The molecule has 0 fully saturated rings. The van der Waals surface area contributed by atoms with Gasteiger partial charge in [0.1, 0.15) is 0 Å². The van der Waals surface area contributed by atoms with E-state index < -0.39 is 0 Å². The van der Waals surface area contributed by atoms with Crippen molar-refractivity contribution in [2.45, 2.75) is 25.6 Å². The van der Waals surface area contributed by atoms with Crippen LogP contribution < -0.4 is 10.6 Å². The molecule has 0 spiro atoms. The lowest BCUT2D eigenvalue weighted by Crippen LogP contribution is -2.32. The SMILES string of the molecule is COCC(CNCc1cccc2c1CCNC2)OC. The Labute approximate surface area is 115 Å². The first kappa shape index (κ1) is 14.5. The van der Waals surface area contributed by atoms with Gasteiger partial charge >= 0.3 is 0 Å². The van der Waals surface area contributed by atoms with Crippen LogP contribution >= 0.6 is 0 Å². The average molecular weight is 264 g/mol. The first-order valence-corrected chi connectivity index (χ1v) is 6.88. The molecule has 19 heavy (non-hydrogen) atoms. The summed E-state index contributed by atoms with van der Waals surface area (Å²) < 4.78 is 10.5. The minimum atomic E-state index is 0.117. The molecule has 1 aromatic rings. The summed E-state index contributed by atoms with van der Waals surface area (Å²) in [4.78, 5) is 0. The second kappa shape index (κ2) is 7.60. The molecule has 4 heteroatoms. The van der Waals surface area contributed by atoms with Crippen LogP contribution in [0.3, 0.4) is 0 Å². The number of hydrogen-bond donors (Lipinski definition) is 2. The number of rotatable bonds is 7. The van der Waals surface area contributed by atoms with Crippen molar-refractivity contribution >= 4 is 0 Å². The number of methoxy groups -OCH3 is 2. The molecule has 0 saturated heterocycles. The number of benzene rings is 1. The molecule has 1 aliphatic heterocycles. The second-order valence-electron chi connectivity index (χ2n) is 4.93.